The van der Waals surface area contributed by atoms with Crippen molar-refractivity contribution in [3.63, 3.8) is 0 Å². The van der Waals surface area contributed by atoms with Gasteiger partial charge < -0.3 is 10.1 Å². The molecule has 0 bridgehead atoms. The number of hydrogen-bond acceptors (Lipinski definition) is 7. The Morgan fingerprint density at radius 3 is 2.77 bits per heavy atom. The Balaban J connectivity index is 1.66. The predicted octanol–water partition coefficient (Wildman–Crippen LogP) is 2.61. The Bertz CT molecular complexity index is 987. The van der Waals surface area contributed by atoms with E-state index in [4.69, 9.17) is 4.74 Å². The number of nitrogens with one attached hydrogen (secondary N) is 1. The molecule has 26 heavy (non-hydrogen) atoms. The number of benzene rings is 2. The first-order valence-corrected chi connectivity index (χ1v) is 9.80. The number of hydrogen-bond donors (Lipinski definition) is 1. The zero-order valence-electron chi connectivity index (χ0n) is 13.8. The number of fused-ring (bicyclic) bond motifs is 1. The fourth-order valence-electron chi connectivity index (χ4n) is 2.29. The summed E-state index contributed by atoms with van der Waals surface area (Å²) in [5.41, 5.74) is 1.97. The van der Waals surface area contributed by atoms with E-state index in [-0.39, 0.29) is 5.56 Å². The van der Waals surface area contributed by atoms with E-state index in [0.717, 1.165) is 11.7 Å². The lowest BCUT2D eigenvalue weighted by Gasteiger charge is -2.09. The lowest BCUT2D eigenvalue weighted by molar-refractivity contribution is -0.119. The van der Waals surface area contributed by atoms with Crippen molar-refractivity contribution in [2.75, 3.05) is 17.7 Å². The number of esters is 1. The Labute approximate surface area is 156 Å². The molecule has 0 saturated carbocycles. The number of carbonyl (C=O) groups is 2. The number of ether oxygens (including phenoxy) is 1. The highest BCUT2D eigenvalue weighted by Gasteiger charge is 2.17. The van der Waals surface area contributed by atoms with E-state index in [1.54, 1.807) is 43.3 Å². The highest BCUT2D eigenvalue weighted by atomic mass is 32.2. The van der Waals surface area contributed by atoms with E-state index < -0.39 is 29.3 Å². The summed E-state index contributed by atoms with van der Waals surface area (Å²) in [5.74, 6) is -0.796. The van der Waals surface area contributed by atoms with Crippen LogP contribution in [0.25, 0.3) is 11.0 Å². The number of carbonyl (C=O) groups excluding carboxylic acids is 2. The van der Waals surface area contributed by atoms with E-state index >= 15 is 0 Å². The van der Waals surface area contributed by atoms with Gasteiger partial charge in [-0.2, -0.15) is 8.75 Å². The monoisotopic (exact) mass is 389 g/mol. The van der Waals surface area contributed by atoms with E-state index in [0.29, 0.717) is 27.4 Å². The fraction of sp³-hybridized carbons (Fsp3) is 0.176. The molecule has 0 saturated heterocycles. The molecule has 1 N–H and O–H groups in total. The van der Waals surface area contributed by atoms with Gasteiger partial charge in [0.1, 0.15) is 11.0 Å². The normalized spacial score (nSPS) is 11.9. The van der Waals surface area contributed by atoms with Crippen molar-refractivity contribution in [1.29, 1.82) is 0 Å². The first-order chi connectivity index (χ1) is 12.6. The second-order valence-electron chi connectivity index (χ2n) is 5.19. The van der Waals surface area contributed by atoms with Crippen LogP contribution in [0.2, 0.25) is 0 Å². The third-order valence-electron chi connectivity index (χ3n) is 3.51. The summed E-state index contributed by atoms with van der Waals surface area (Å²) >= 11 is 1.05. The van der Waals surface area contributed by atoms with Crippen molar-refractivity contribution >= 4 is 51.1 Å². The molecule has 3 rings (SSSR count). The van der Waals surface area contributed by atoms with Gasteiger partial charge in [-0.1, -0.05) is 25.1 Å². The Hall–Kier alpha value is -2.65. The SMILES string of the molecule is CCS(=O)c1ccccc1C(=O)OCC(=O)Nc1cccc2nsnc12. The van der Waals surface area contributed by atoms with Crippen LogP contribution in [0.3, 0.4) is 0 Å². The first-order valence-electron chi connectivity index (χ1n) is 7.75. The summed E-state index contributed by atoms with van der Waals surface area (Å²) in [6.45, 7) is 1.31. The van der Waals surface area contributed by atoms with Crippen molar-refractivity contribution in [2.45, 2.75) is 11.8 Å². The topological polar surface area (TPSA) is 98.2 Å². The van der Waals surface area contributed by atoms with Crippen LogP contribution in [-0.2, 0) is 20.3 Å². The molecule has 1 atom stereocenters. The van der Waals surface area contributed by atoms with Crippen molar-refractivity contribution in [1.82, 2.24) is 8.75 Å². The highest BCUT2D eigenvalue weighted by molar-refractivity contribution is 7.85. The fourth-order valence-corrected chi connectivity index (χ4v) is 3.78. The Morgan fingerprint density at radius 1 is 1.15 bits per heavy atom. The van der Waals surface area contributed by atoms with Crippen molar-refractivity contribution in [3.8, 4) is 0 Å². The molecule has 0 fully saturated rings. The van der Waals surface area contributed by atoms with Gasteiger partial charge in [-0.3, -0.25) is 9.00 Å². The van der Waals surface area contributed by atoms with Crippen LogP contribution in [0.5, 0.6) is 0 Å². The van der Waals surface area contributed by atoms with Gasteiger partial charge in [0.25, 0.3) is 5.91 Å². The molecule has 0 spiro atoms. The molecule has 0 aliphatic rings. The lowest BCUT2D eigenvalue weighted by atomic mass is 10.2. The average Bonchev–Trinajstić information content (AvgIpc) is 3.15. The number of anilines is 1. The van der Waals surface area contributed by atoms with Gasteiger partial charge in [-0.15, -0.1) is 0 Å². The number of nitrogens with zero attached hydrogens (tertiary/aromatic N) is 2. The summed E-state index contributed by atoms with van der Waals surface area (Å²) in [4.78, 5) is 24.8. The Kier molecular flexibility index (Phi) is 5.69. The molecule has 1 amide bonds. The highest BCUT2D eigenvalue weighted by Crippen LogP contribution is 2.21. The maximum absolute atomic E-state index is 12.3. The zero-order valence-corrected chi connectivity index (χ0v) is 15.4. The Morgan fingerprint density at radius 2 is 1.96 bits per heavy atom. The van der Waals surface area contributed by atoms with Crippen LogP contribution >= 0.6 is 11.7 Å². The summed E-state index contributed by atoms with van der Waals surface area (Å²) in [6, 6.07) is 11.7. The van der Waals surface area contributed by atoms with E-state index in [1.807, 2.05) is 0 Å². The molecule has 3 aromatic rings. The molecule has 134 valence electrons. The molecule has 0 radical (unpaired) electrons. The second kappa shape index (κ2) is 8.15. The third-order valence-corrected chi connectivity index (χ3v) is 5.42. The minimum atomic E-state index is -1.29. The number of aromatic nitrogens is 2. The third kappa shape index (κ3) is 3.94. The van der Waals surface area contributed by atoms with Gasteiger partial charge in [-0.05, 0) is 24.3 Å². The lowest BCUT2D eigenvalue weighted by Crippen LogP contribution is -2.21. The van der Waals surface area contributed by atoms with Gasteiger partial charge in [0.2, 0.25) is 0 Å². The molecule has 1 unspecified atom stereocenters. The van der Waals surface area contributed by atoms with Crippen molar-refractivity contribution in [3.05, 3.63) is 48.0 Å². The van der Waals surface area contributed by atoms with E-state index in [2.05, 4.69) is 14.1 Å². The van der Waals surface area contributed by atoms with Crippen LogP contribution in [-0.4, -0.2) is 37.2 Å². The molecular formula is C17H15N3O4S2. The first kappa shape index (κ1) is 18.2. The predicted molar refractivity (Wildman–Crippen MR) is 99.7 cm³/mol. The molecular weight excluding hydrogens is 374 g/mol. The molecule has 0 aliphatic heterocycles. The standard InChI is InChI=1S/C17H15N3O4S2/c1-2-26(23)14-9-4-3-6-11(14)17(22)24-10-15(21)18-12-7-5-8-13-16(12)20-25-19-13/h3-9H,2,10H2,1H3,(H,18,21). The minimum absolute atomic E-state index is 0.200. The van der Waals surface area contributed by atoms with Gasteiger partial charge in [0.15, 0.2) is 6.61 Å². The zero-order chi connectivity index (χ0) is 18.5. The maximum Gasteiger partial charge on any atom is 0.339 e. The summed E-state index contributed by atoms with van der Waals surface area (Å²) in [7, 11) is -1.29. The minimum Gasteiger partial charge on any atom is -0.452 e. The van der Waals surface area contributed by atoms with E-state index in [1.165, 1.54) is 6.07 Å². The maximum atomic E-state index is 12.3. The average molecular weight is 389 g/mol. The summed E-state index contributed by atoms with van der Waals surface area (Å²) in [5, 5.41) is 2.65. The van der Waals surface area contributed by atoms with Crippen LogP contribution in [0.1, 0.15) is 17.3 Å². The number of amides is 1. The molecule has 0 aliphatic carbocycles. The molecule has 1 heterocycles. The second-order valence-corrected chi connectivity index (χ2v) is 7.43. The van der Waals surface area contributed by atoms with Gasteiger partial charge in [0, 0.05) is 5.75 Å². The van der Waals surface area contributed by atoms with Crippen LogP contribution in [0.4, 0.5) is 5.69 Å². The van der Waals surface area contributed by atoms with Crippen LogP contribution < -0.4 is 5.32 Å². The van der Waals surface area contributed by atoms with Crippen LogP contribution in [0, 0.1) is 0 Å². The smallest absolute Gasteiger partial charge is 0.339 e. The number of rotatable bonds is 6. The van der Waals surface area contributed by atoms with Gasteiger partial charge in [0.05, 0.1) is 38.7 Å². The molecule has 2 aromatic carbocycles. The molecule has 9 heteroatoms. The largest absolute Gasteiger partial charge is 0.452 e. The van der Waals surface area contributed by atoms with Gasteiger partial charge in [-0.25, -0.2) is 4.79 Å². The summed E-state index contributed by atoms with van der Waals surface area (Å²) < 4.78 is 25.3. The molecule has 1 aromatic heterocycles. The summed E-state index contributed by atoms with van der Waals surface area (Å²) in [6.07, 6.45) is 0. The van der Waals surface area contributed by atoms with E-state index in [9.17, 15) is 13.8 Å². The van der Waals surface area contributed by atoms with Crippen molar-refractivity contribution in [2.24, 2.45) is 0 Å². The van der Waals surface area contributed by atoms with Crippen molar-refractivity contribution < 1.29 is 18.5 Å². The molecule has 7 nitrogen and oxygen atoms in total. The van der Waals surface area contributed by atoms with Gasteiger partial charge >= 0.3 is 5.97 Å². The van der Waals surface area contributed by atoms with Crippen LogP contribution in [0.15, 0.2) is 47.4 Å². The quantitative estimate of drug-likeness (QED) is 0.651.